The third kappa shape index (κ3) is 2.66. The van der Waals surface area contributed by atoms with Crippen LogP contribution in [0.5, 0.6) is 0 Å². The number of halogens is 2. The van der Waals surface area contributed by atoms with Gasteiger partial charge in [0.05, 0.1) is 5.56 Å². The summed E-state index contributed by atoms with van der Waals surface area (Å²) in [4.78, 5) is 20.1. The van der Waals surface area contributed by atoms with Crippen LogP contribution in [0.2, 0.25) is 0 Å². The first kappa shape index (κ1) is 17.4. The van der Waals surface area contributed by atoms with Crippen molar-refractivity contribution in [1.29, 1.82) is 0 Å². The van der Waals surface area contributed by atoms with Gasteiger partial charge in [-0.3, -0.25) is 4.57 Å². The van der Waals surface area contributed by atoms with Gasteiger partial charge < -0.3 is 10.2 Å². The third-order valence-corrected chi connectivity index (χ3v) is 5.81. The number of piperazine rings is 1. The molecule has 2 atom stereocenters. The lowest BCUT2D eigenvalue weighted by Crippen LogP contribution is -2.44. The minimum absolute atomic E-state index is 0.180. The molecular formula is C21H17F2N7. The number of aromatic nitrogens is 5. The number of hydrogen-bond donors (Lipinski definition) is 1. The second kappa shape index (κ2) is 6.53. The molecule has 0 unspecified atom stereocenters. The van der Waals surface area contributed by atoms with Crippen LogP contribution in [0.15, 0.2) is 48.9 Å². The van der Waals surface area contributed by atoms with Crippen molar-refractivity contribution in [2.24, 2.45) is 0 Å². The Hall–Kier alpha value is -3.46. The molecule has 3 aromatic heterocycles. The minimum atomic E-state index is -0.691. The van der Waals surface area contributed by atoms with Crippen LogP contribution >= 0.6 is 0 Å². The second-order valence-electron chi connectivity index (χ2n) is 7.62. The van der Waals surface area contributed by atoms with Crippen LogP contribution in [0.1, 0.15) is 6.42 Å². The Labute approximate surface area is 170 Å². The number of pyridine rings is 1. The monoisotopic (exact) mass is 405 g/mol. The van der Waals surface area contributed by atoms with Crippen molar-refractivity contribution in [1.82, 2.24) is 29.8 Å². The van der Waals surface area contributed by atoms with E-state index in [0.29, 0.717) is 34.9 Å². The van der Waals surface area contributed by atoms with E-state index in [1.54, 1.807) is 16.8 Å². The maximum atomic E-state index is 14.6. The molecule has 0 spiro atoms. The maximum Gasteiger partial charge on any atom is 0.168 e. The summed E-state index contributed by atoms with van der Waals surface area (Å²) >= 11 is 0. The number of fused-ring (bicyclic) bond motifs is 3. The molecule has 150 valence electrons. The van der Waals surface area contributed by atoms with Crippen LogP contribution < -0.4 is 10.2 Å². The Morgan fingerprint density at radius 1 is 1.03 bits per heavy atom. The van der Waals surface area contributed by atoms with Gasteiger partial charge in [0.25, 0.3) is 0 Å². The summed E-state index contributed by atoms with van der Waals surface area (Å²) in [6, 6.07) is 9.91. The molecule has 4 aromatic rings. The topological polar surface area (TPSA) is 71.8 Å². The molecule has 7 nitrogen and oxygen atoms in total. The molecule has 6 rings (SSSR count). The van der Waals surface area contributed by atoms with Gasteiger partial charge in [-0.25, -0.2) is 28.7 Å². The van der Waals surface area contributed by atoms with E-state index in [0.717, 1.165) is 31.4 Å². The highest BCUT2D eigenvalue weighted by atomic mass is 19.1. The average Bonchev–Trinajstić information content (AvgIpc) is 3.48. The van der Waals surface area contributed by atoms with Crippen molar-refractivity contribution in [2.45, 2.75) is 18.5 Å². The number of rotatable bonds is 3. The normalized spacial score (nSPS) is 20.4. The maximum absolute atomic E-state index is 14.6. The van der Waals surface area contributed by atoms with Crippen LogP contribution in [0.4, 0.5) is 14.6 Å². The molecule has 0 saturated carbocycles. The van der Waals surface area contributed by atoms with E-state index in [-0.39, 0.29) is 5.56 Å². The molecule has 0 radical (unpaired) electrons. The van der Waals surface area contributed by atoms with Gasteiger partial charge in [0, 0.05) is 37.4 Å². The van der Waals surface area contributed by atoms with Gasteiger partial charge in [0.2, 0.25) is 0 Å². The summed E-state index contributed by atoms with van der Waals surface area (Å²) in [6.07, 6.45) is 4.13. The van der Waals surface area contributed by atoms with Gasteiger partial charge in [0.15, 0.2) is 11.5 Å². The summed E-state index contributed by atoms with van der Waals surface area (Å²) in [5, 5.41) is 3.49. The average molecular weight is 405 g/mol. The molecule has 5 heterocycles. The first-order valence-corrected chi connectivity index (χ1v) is 9.79. The van der Waals surface area contributed by atoms with Gasteiger partial charge in [-0.2, -0.15) is 0 Å². The molecule has 30 heavy (non-hydrogen) atoms. The van der Waals surface area contributed by atoms with Crippen molar-refractivity contribution in [3.8, 4) is 17.2 Å². The van der Waals surface area contributed by atoms with Gasteiger partial charge >= 0.3 is 0 Å². The van der Waals surface area contributed by atoms with Crippen LogP contribution in [-0.4, -0.2) is 49.7 Å². The predicted octanol–water partition coefficient (Wildman–Crippen LogP) is 2.71. The number of imidazole rings is 1. The predicted molar refractivity (Wildman–Crippen MR) is 107 cm³/mol. The van der Waals surface area contributed by atoms with E-state index in [9.17, 15) is 8.78 Å². The number of nitrogens with zero attached hydrogens (tertiary/aromatic N) is 6. The number of anilines is 1. The van der Waals surface area contributed by atoms with E-state index in [4.69, 9.17) is 4.98 Å². The smallest absolute Gasteiger partial charge is 0.168 e. The first-order valence-electron chi connectivity index (χ1n) is 9.79. The summed E-state index contributed by atoms with van der Waals surface area (Å²) in [6.45, 7) is 1.85. The Morgan fingerprint density at radius 2 is 1.97 bits per heavy atom. The summed E-state index contributed by atoms with van der Waals surface area (Å²) < 4.78 is 29.8. The minimum Gasteiger partial charge on any atom is -0.351 e. The van der Waals surface area contributed by atoms with Crippen molar-refractivity contribution in [3.05, 3.63) is 60.6 Å². The molecule has 9 heteroatoms. The fourth-order valence-electron chi connectivity index (χ4n) is 4.43. The van der Waals surface area contributed by atoms with Crippen LogP contribution in [0, 0.1) is 11.6 Å². The molecule has 2 aliphatic heterocycles. The van der Waals surface area contributed by atoms with Crippen molar-refractivity contribution in [2.75, 3.05) is 18.0 Å². The van der Waals surface area contributed by atoms with Crippen LogP contribution in [-0.2, 0) is 0 Å². The highest BCUT2D eigenvalue weighted by Gasteiger charge is 2.38. The number of hydrogen-bond acceptors (Lipinski definition) is 6. The lowest BCUT2D eigenvalue weighted by atomic mass is 10.2. The molecule has 2 aliphatic rings. The molecule has 2 bridgehead atoms. The fourth-order valence-corrected chi connectivity index (χ4v) is 4.43. The van der Waals surface area contributed by atoms with Crippen molar-refractivity contribution >= 4 is 17.0 Å². The molecular weight excluding hydrogens is 388 g/mol. The van der Waals surface area contributed by atoms with Gasteiger partial charge in [-0.1, -0.05) is 0 Å². The van der Waals surface area contributed by atoms with Crippen LogP contribution in [0.3, 0.4) is 0 Å². The third-order valence-electron chi connectivity index (χ3n) is 5.81. The highest BCUT2D eigenvalue weighted by molar-refractivity contribution is 5.81. The zero-order valence-electron chi connectivity index (χ0n) is 15.8. The summed E-state index contributed by atoms with van der Waals surface area (Å²) in [5.41, 5.74) is 1.36. The zero-order valence-corrected chi connectivity index (χ0v) is 15.8. The second-order valence-corrected chi connectivity index (χ2v) is 7.62. The summed E-state index contributed by atoms with van der Waals surface area (Å²) in [5.74, 6) is 0.358. The number of benzene rings is 1. The van der Waals surface area contributed by atoms with Crippen molar-refractivity contribution < 1.29 is 8.78 Å². The summed E-state index contributed by atoms with van der Waals surface area (Å²) in [7, 11) is 0. The van der Waals surface area contributed by atoms with Gasteiger partial charge in [-0.15, -0.1) is 0 Å². The molecule has 0 aliphatic carbocycles. The largest absolute Gasteiger partial charge is 0.351 e. The molecule has 1 aromatic carbocycles. The molecule has 0 amide bonds. The quantitative estimate of drug-likeness (QED) is 0.565. The van der Waals surface area contributed by atoms with E-state index in [1.807, 2.05) is 12.1 Å². The number of nitrogens with one attached hydrogen (secondary N) is 1. The molecule has 2 fully saturated rings. The van der Waals surface area contributed by atoms with E-state index < -0.39 is 11.6 Å². The zero-order chi connectivity index (χ0) is 20.2. The van der Waals surface area contributed by atoms with Crippen molar-refractivity contribution in [3.63, 3.8) is 0 Å². The van der Waals surface area contributed by atoms with E-state index >= 15 is 0 Å². The Balaban J connectivity index is 1.57. The Morgan fingerprint density at radius 3 is 2.70 bits per heavy atom. The SMILES string of the molecule is Fc1ccc(-c2nc3ccc(N4C[C@H]5C[C@@H]4CN5)nc3n2-c2ccncn2)c(F)c1. The van der Waals surface area contributed by atoms with Gasteiger partial charge in [0.1, 0.15) is 35.1 Å². The lowest BCUT2D eigenvalue weighted by Gasteiger charge is -2.28. The van der Waals surface area contributed by atoms with E-state index in [1.165, 1.54) is 18.5 Å². The highest BCUT2D eigenvalue weighted by Crippen LogP contribution is 2.33. The standard InChI is InChI=1S/C21H17F2N7/c22-12-1-2-15(16(23)7-12)20-27-17-3-4-19(29-10-13-8-14(29)9-25-13)28-21(17)30(20)18-5-6-24-11-26-18/h1-7,11,13-14,25H,8-10H2/t13-,14-/m1/s1. The van der Waals surface area contributed by atoms with Gasteiger partial charge in [-0.05, 0) is 36.8 Å². The Kier molecular flexibility index (Phi) is 3.79. The lowest BCUT2D eigenvalue weighted by molar-refractivity contribution is 0.577. The fraction of sp³-hybridized carbons (Fsp3) is 0.238. The first-order chi connectivity index (χ1) is 14.7. The van der Waals surface area contributed by atoms with Crippen LogP contribution in [0.25, 0.3) is 28.4 Å². The molecule has 1 N–H and O–H groups in total. The Bertz CT molecular complexity index is 1260. The molecule has 2 saturated heterocycles. The van der Waals surface area contributed by atoms with E-state index in [2.05, 4.69) is 25.2 Å².